The molecule has 0 N–H and O–H groups in total. The fourth-order valence-electron chi connectivity index (χ4n) is 2.96. The molecule has 2 nitrogen and oxygen atoms in total. The average molecular weight is 291 g/mol. The van der Waals surface area contributed by atoms with Crippen molar-refractivity contribution in [3.05, 3.63) is 29.8 Å². The number of para-hydroxylation sites is 1. The SMILES string of the molecule is CCC(c1ccccc1OC)N(CC)CCCC(C)(C)C. The highest BCUT2D eigenvalue weighted by Crippen LogP contribution is 2.32. The summed E-state index contributed by atoms with van der Waals surface area (Å²) >= 11 is 0. The normalized spacial score (nSPS) is 13.5. The Labute approximate surface area is 131 Å². The first-order chi connectivity index (χ1) is 9.92. The molecule has 0 spiro atoms. The van der Waals surface area contributed by atoms with E-state index in [0.29, 0.717) is 11.5 Å². The van der Waals surface area contributed by atoms with E-state index < -0.39 is 0 Å². The molecule has 0 radical (unpaired) electrons. The van der Waals surface area contributed by atoms with E-state index in [1.807, 2.05) is 6.07 Å². The molecule has 0 saturated carbocycles. The van der Waals surface area contributed by atoms with E-state index in [-0.39, 0.29) is 0 Å². The van der Waals surface area contributed by atoms with Crippen molar-refractivity contribution in [1.29, 1.82) is 0 Å². The molecule has 0 amide bonds. The van der Waals surface area contributed by atoms with Gasteiger partial charge in [-0.2, -0.15) is 0 Å². The lowest BCUT2D eigenvalue weighted by Gasteiger charge is -2.32. The summed E-state index contributed by atoms with van der Waals surface area (Å²) in [6.07, 6.45) is 3.64. The Balaban J connectivity index is 2.80. The summed E-state index contributed by atoms with van der Waals surface area (Å²) in [6.45, 7) is 13.7. The zero-order valence-electron chi connectivity index (χ0n) is 14.8. The maximum atomic E-state index is 5.55. The summed E-state index contributed by atoms with van der Waals surface area (Å²) < 4.78 is 5.55. The number of methoxy groups -OCH3 is 1. The van der Waals surface area contributed by atoms with E-state index in [4.69, 9.17) is 4.74 Å². The zero-order chi connectivity index (χ0) is 15.9. The second-order valence-electron chi connectivity index (χ2n) is 6.96. The minimum absolute atomic E-state index is 0.422. The van der Waals surface area contributed by atoms with Crippen LogP contribution >= 0.6 is 0 Å². The van der Waals surface area contributed by atoms with E-state index in [1.165, 1.54) is 18.4 Å². The molecule has 0 bridgehead atoms. The molecule has 0 aromatic heterocycles. The third-order valence-corrected chi connectivity index (χ3v) is 4.10. The largest absolute Gasteiger partial charge is 0.496 e. The molecule has 0 aliphatic carbocycles. The van der Waals surface area contributed by atoms with Gasteiger partial charge in [-0.05, 0) is 43.8 Å². The predicted octanol–water partition coefficient (Wildman–Crippen LogP) is 5.29. The summed E-state index contributed by atoms with van der Waals surface area (Å²) in [7, 11) is 1.77. The fourth-order valence-corrected chi connectivity index (χ4v) is 2.96. The van der Waals surface area contributed by atoms with Crippen molar-refractivity contribution in [1.82, 2.24) is 4.90 Å². The maximum Gasteiger partial charge on any atom is 0.123 e. The molecule has 1 rings (SSSR count). The maximum absolute atomic E-state index is 5.55. The topological polar surface area (TPSA) is 12.5 Å². The molecule has 0 aliphatic rings. The monoisotopic (exact) mass is 291 g/mol. The lowest BCUT2D eigenvalue weighted by molar-refractivity contribution is 0.185. The van der Waals surface area contributed by atoms with Gasteiger partial charge in [0.05, 0.1) is 7.11 Å². The van der Waals surface area contributed by atoms with Crippen LogP contribution in [0.25, 0.3) is 0 Å². The number of ether oxygens (including phenoxy) is 1. The third kappa shape index (κ3) is 5.70. The second-order valence-corrected chi connectivity index (χ2v) is 6.96. The summed E-state index contributed by atoms with van der Waals surface area (Å²) in [4.78, 5) is 2.59. The van der Waals surface area contributed by atoms with Gasteiger partial charge in [-0.15, -0.1) is 0 Å². The first-order valence-corrected chi connectivity index (χ1v) is 8.30. The van der Waals surface area contributed by atoms with Crippen LogP contribution in [0.4, 0.5) is 0 Å². The molecule has 1 atom stereocenters. The van der Waals surface area contributed by atoms with Gasteiger partial charge < -0.3 is 4.74 Å². The van der Waals surface area contributed by atoms with Gasteiger partial charge in [-0.3, -0.25) is 4.90 Å². The van der Waals surface area contributed by atoms with Crippen molar-refractivity contribution < 1.29 is 4.74 Å². The van der Waals surface area contributed by atoms with E-state index in [1.54, 1.807) is 7.11 Å². The van der Waals surface area contributed by atoms with Crippen LogP contribution in [0.15, 0.2) is 24.3 Å². The molecule has 0 saturated heterocycles. The minimum atomic E-state index is 0.422. The highest BCUT2D eigenvalue weighted by atomic mass is 16.5. The van der Waals surface area contributed by atoms with E-state index in [9.17, 15) is 0 Å². The first-order valence-electron chi connectivity index (χ1n) is 8.30. The standard InChI is InChI=1S/C19H33NO/c1-7-17(16-12-9-10-13-18(16)21-6)20(8-2)15-11-14-19(3,4)5/h9-10,12-13,17H,7-8,11,14-15H2,1-6H3. The van der Waals surface area contributed by atoms with Crippen LogP contribution in [-0.2, 0) is 0 Å². The van der Waals surface area contributed by atoms with Gasteiger partial charge in [-0.25, -0.2) is 0 Å². The van der Waals surface area contributed by atoms with Crippen LogP contribution in [0.5, 0.6) is 5.75 Å². The van der Waals surface area contributed by atoms with Crippen molar-refractivity contribution in [2.45, 2.75) is 59.9 Å². The van der Waals surface area contributed by atoms with Crippen LogP contribution in [0.2, 0.25) is 0 Å². The van der Waals surface area contributed by atoms with Crippen LogP contribution in [0.1, 0.15) is 65.5 Å². The molecule has 1 unspecified atom stereocenters. The van der Waals surface area contributed by atoms with Crippen molar-refractivity contribution >= 4 is 0 Å². The van der Waals surface area contributed by atoms with Crippen molar-refractivity contribution in [2.24, 2.45) is 5.41 Å². The average Bonchev–Trinajstić information content (AvgIpc) is 2.45. The van der Waals surface area contributed by atoms with E-state index >= 15 is 0 Å². The molecule has 0 aliphatic heterocycles. The molecule has 2 heteroatoms. The van der Waals surface area contributed by atoms with Gasteiger partial charge in [0.1, 0.15) is 5.75 Å². The highest BCUT2D eigenvalue weighted by Gasteiger charge is 2.21. The second kappa shape index (κ2) is 8.43. The highest BCUT2D eigenvalue weighted by molar-refractivity contribution is 5.35. The van der Waals surface area contributed by atoms with Gasteiger partial charge >= 0.3 is 0 Å². The van der Waals surface area contributed by atoms with Gasteiger partial charge in [0.15, 0.2) is 0 Å². The van der Waals surface area contributed by atoms with E-state index in [2.05, 4.69) is 57.7 Å². The number of nitrogens with zero attached hydrogens (tertiary/aromatic N) is 1. The predicted molar refractivity (Wildman–Crippen MR) is 92.0 cm³/mol. The molecule has 0 fully saturated rings. The van der Waals surface area contributed by atoms with Crippen molar-refractivity contribution in [3.8, 4) is 5.75 Å². The lowest BCUT2D eigenvalue weighted by Crippen LogP contribution is -2.30. The first kappa shape index (κ1) is 18.0. The van der Waals surface area contributed by atoms with Gasteiger partial charge in [0, 0.05) is 11.6 Å². The Hall–Kier alpha value is -1.02. The van der Waals surface area contributed by atoms with Crippen LogP contribution in [-0.4, -0.2) is 25.1 Å². The number of rotatable bonds is 8. The Bertz CT molecular complexity index is 408. The van der Waals surface area contributed by atoms with Gasteiger partial charge in [-0.1, -0.05) is 52.8 Å². The smallest absolute Gasteiger partial charge is 0.123 e. The number of hydrogen-bond acceptors (Lipinski definition) is 2. The quantitative estimate of drug-likeness (QED) is 0.645. The Kier molecular flexibility index (Phi) is 7.24. The minimum Gasteiger partial charge on any atom is -0.496 e. The molecule has 1 aromatic carbocycles. The van der Waals surface area contributed by atoms with Gasteiger partial charge in [0.25, 0.3) is 0 Å². The Morgan fingerprint density at radius 2 is 1.81 bits per heavy atom. The summed E-state index contributed by atoms with van der Waals surface area (Å²) in [5, 5.41) is 0. The third-order valence-electron chi connectivity index (χ3n) is 4.10. The number of benzene rings is 1. The van der Waals surface area contributed by atoms with Crippen LogP contribution < -0.4 is 4.74 Å². The Morgan fingerprint density at radius 1 is 1.14 bits per heavy atom. The number of hydrogen-bond donors (Lipinski definition) is 0. The molecule has 1 aromatic rings. The summed E-state index contributed by atoms with van der Waals surface area (Å²) in [5.74, 6) is 1.01. The lowest BCUT2D eigenvalue weighted by atomic mass is 9.90. The van der Waals surface area contributed by atoms with Crippen molar-refractivity contribution in [2.75, 3.05) is 20.2 Å². The molecular weight excluding hydrogens is 258 g/mol. The summed E-state index contributed by atoms with van der Waals surface area (Å²) in [5.41, 5.74) is 1.74. The van der Waals surface area contributed by atoms with E-state index in [0.717, 1.165) is 25.3 Å². The molecule has 21 heavy (non-hydrogen) atoms. The molecule has 0 heterocycles. The van der Waals surface area contributed by atoms with Crippen molar-refractivity contribution in [3.63, 3.8) is 0 Å². The van der Waals surface area contributed by atoms with Crippen LogP contribution in [0.3, 0.4) is 0 Å². The Morgan fingerprint density at radius 3 is 2.33 bits per heavy atom. The fraction of sp³-hybridized carbons (Fsp3) is 0.684. The van der Waals surface area contributed by atoms with Gasteiger partial charge in [0.2, 0.25) is 0 Å². The summed E-state index contributed by atoms with van der Waals surface area (Å²) in [6, 6.07) is 8.89. The zero-order valence-corrected chi connectivity index (χ0v) is 14.8. The molecule has 120 valence electrons. The molecular formula is C19H33NO. The van der Waals surface area contributed by atoms with Crippen LogP contribution in [0, 0.1) is 5.41 Å².